The van der Waals surface area contributed by atoms with Crippen LogP contribution in [0.5, 0.6) is 5.75 Å². The maximum absolute atomic E-state index is 10.5. The lowest BCUT2D eigenvalue weighted by molar-refractivity contribution is -0.384. The zero-order valence-electron chi connectivity index (χ0n) is 11.6. The molecule has 1 N–H and O–H groups in total. The number of hydrogen-bond donors (Lipinski definition) is 1. The fourth-order valence-corrected chi connectivity index (χ4v) is 1.81. The Morgan fingerprint density at radius 2 is 1.81 bits per heavy atom. The summed E-state index contributed by atoms with van der Waals surface area (Å²) in [6.07, 6.45) is 4.51. The van der Waals surface area contributed by atoms with Crippen molar-refractivity contribution in [2.75, 3.05) is 19.7 Å². The molecule has 0 aliphatic rings. The number of pyridine rings is 1. The predicted octanol–water partition coefficient (Wildman–Crippen LogP) is 2.20. The van der Waals surface area contributed by atoms with E-state index in [9.17, 15) is 10.1 Å². The summed E-state index contributed by atoms with van der Waals surface area (Å²) in [6.45, 7) is 2.11. The molecule has 0 fully saturated rings. The number of hydrogen-bond acceptors (Lipinski definition) is 5. The second kappa shape index (κ2) is 7.96. The third-order valence-corrected chi connectivity index (χ3v) is 2.93. The van der Waals surface area contributed by atoms with E-state index in [4.69, 9.17) is 4.74 Å². The Hall–Kier alpha value is -2.47. The van der Waals surface area contributed by atoms with E-state index in [0.717, 1.165) is 19.5 Å². The first-order valence-corrected chi connectivity index (χ1v) is 6.72. The molecule has 0 radical (unpaired) electrons. The van der Waals surface area contributed by atoms with Crippen LogP contribution in [-0.4, -0.2) is 29.6 Å². The zero-order valence-corrected chi connectivity index (χ0v) is 11.6. The van der Waals surface area contributed by atoms with Gasteiger partial charge < -0.3 is 10.1 Å². The molecule has 0 bridgehead atoms. The van der Waals surface area contributed by atoms with Gasteiger partial charge in [-0.1, -0.05) is 0 Å². The van der Waals surface area contributed by atoms with Crippen molar-refractivity contribution in [3.63, 3.8) is 0 Å². The molecule has 110 valence electrons. The van der Waals surface area contributed by atoms with E-state index in [-0.39, 0.29) is 5.69 Å². The van der Waals surface area contributed by atoms with Crippen LogP contribution in [0.3, 0.4) is 0 Å². The van der Waals surface area contributed by atoms with Gasteiger partial charge in [0.1, 0.15) is 12.4 Å². The Morgan fingerprint density at radius 1 is 1.10 bits per heavy atom. The molecule has 0 spiro atoms. The van der Waals surface area contributed by atoms with Gasteiger partial charge in [-0.2, -0.15) is 0 Å². The summed E-state index contributed by atoms with van der Waals surface area (Å²) in [5.74, 6) is 0.636. The number of rotatable bonds is 8. The quantitative estimate of drug-likeness (QED) is 0.457. The molecule has 0 saturated carbocycles. The van der Waals surface area contributed by atoms with Gasteiger partial charge in [0.2, 0.25) is 0 Å². The number of nitrogens with one attached hydrogen (secondary N) is 1. The van der Waals surface area contributed by atoms with Gasteiger partial charge >= 0.3 is 0 Å². The summed E-state index contributed by atoms with van der Waals surface area (Å²) < 4.78 is 5.50. The molecule has 1 aromatic heterocycles. The van der Waals surface area contributed by atoms with Crippen LogP contribution in [0.1, 0.15) is 5.56 Å². The third-order valence-electron chi connectivity index (χ3n) is 2.93. The summed E-state index contributed by atoms with van der Waals surface area (Å²) in [6, 6.07) is 10.1. The maximum atomic E-state index is 10.5. The molecule has 6 heteroatoms. The molecule has 1 heterocycles. The Labute approximate surface area is 122 Å². The number of nitrogens with zero attached hydrogens (tertiary/aromatic N) is 2. The van der Waals surface area contributed by atoms with Crippen molar-refractivity contribution in [1.82, 2.24) is 10.3 Å². The average Bonchev–Trinajstić information content (AvgIpc) is 2.52. The van der Waals surface area contributed by atoms with Gasteiger partial charge in [-0.15, -0.1) is 0 Å². The lowest BCUT2D eigenvalue weighted by Gasteiger charge is -2.07. The fourth-order valence-electron chi connectivity index (χ4n) is 1.81. The molecule has 0 unspecified atom stereocenters. The molecule has 6 nitrogen and oxygen atoms in total. The number of non-ortho nitro benzene ring substituents is 1. The minimum Gasteiger partial charge on any atom is -0.492 e. The van der Waals surface area contributed by atoms with Crippen LogP contribution in [-0.2, 0) is 6.42 Å². The predicted molar refractivity (Wildman–Crippen MR) is 79.4 cm³/mol. The summed E-state index contributed by atoms with van der Waals surface area (Å²) in [4.78, 5) is 14.1. The van der Waals surface area contributed by atoms with Crippen LogP contribution in [0.2, 0.25) is 0 Å². The molecular formula is C15H17N3O3. The average molecular weight is 287 g/mol. The third kappa shape index (κ3) is 5.19. The van der Waals surface area contributed by atoms with Crippen LogP contribution in [0, 0.1) is 10.1 Å². The van der Waals surface area contributed by atoms with Crippen molar-refractivity contribution < 1.29 is 9.66 Å². The van der Waals surface area contributed by atoms with Crippen molar-refractivity contribution in [3.05, 3.63) is 64.5 Å². The van der Waals surface area contributed by atoms with Crippen molar-refractivity contribution in [1.29, 1.82) is 0 Å². The van der Waals surface area contributed by atoms with Crippen LogP contribution in [0.15, 0.2) is 48.8 Å². The molecule has 0 aliphatic heterocycles. The minimum absolute atomic E-state index is 0.0674. The molecule has 0 atom stereocenters. The molecule has 2 rings (SSSR count). The molecule has 0 amide bonds. The second-order valence-electron chi connectivity index (χ2n) is 4.45. The highest BCUT2D eigenvalue weighted by molar-refractivity contribution is 5.35. The topological polar surface area (TPSA) is 77.3 Å². The molecule has 0 saturated heterocycles. The number of benzene rings is 1. The summed E-state index contributed by atoms with van der Waals surface area (Å²) in [5.41, 5.74) is 1.31. The molecule has 2 aromatic rings. The first-order valence-electron chi connectivity index (χ1n) is 6.72. The highest BCUT2D eigenvalue weighted by atomic mass is 16.6. The van der Waals surface area contributed by atoms with Gasteiger partial charge in [0.05, 0.1) is 4.92 Å². The van der Waals surface area contributed by atoms with Gasteiger partial charge in [-0.3, -0.25) is 15.1 Å². The number of ether oxygens (including phenoxy) is 1. The van der Waals surface area contributed by atoms with Crippen molar-refractivity contribution in [3.8, 4) is 5.75 Å². The normalized spacial score (nSPS) is 10.3. The van der Waals surface area contributed by atoms with E-state index in [1.807, 2.05) is 12.1 Å². The standard InChI is InChI=1S/C15H17N3O3/c19-18(20)14-1-3-15(4-2-14)21-12-11-17-10-7-13-5-8-16-9-6-13/h1-6,8-9,17H,7,10-12H2. The van der Waals surface area contributed by atoms with E-state index in [2.05, 4.69) is 10.3 Å². The molecule has 0 aliphatic carbocycles. The van der Waals surface area contributed by atoms with Crippen LogP contribution in [0.25, 0.3) is 0 Å². The van der Waals surface area contributed by atoms with Crippen molar-refractivity contribution in [2.24, 2.45) is 0 Å². The van der Waals surface area contributed by atoms with Gasteiger partial charge in [0, 0.05) is 31.1 Å². The smallest absolute Gasteiger partial charge is 0.269 e. The van der Waals surface area contributed by atoms with Crippen molar-refractivity contribution in [2.45, 2.75) is 6.42 Å². The highest BCUT2D eigenvalue weighted by Crippen LogP contribution is 2.16. The van der Waals surface area contributed by atoms with Gasteiger partial charge in [0.15, 0.2) is 0 Å². The largest absolute Gasteiger partial charge is 0.492 e. The summed E-state index contributed by atoms with van der Waals surface area (Å²) in [7, 11) is 0. The number of nitro groups is 1. The molecule has 1 aromatic carbocycles. The number of nitro benzene ring substituents is 1. The molecule has 21 heavy (non-hydrogen) atoms. The fraction of sp³-hybridized carbons (Fsp3) is 0.267. The minimum atomic E-state index is -0.426. The Kier molecular flexibility index (Phi) is 5.66. The van der Waals surface area contributed by atoms with E-state index in [1.165, 1.54) is 17.7 Å². The first kappa shape index (κ1) is 14.9. The second-order valence-corrected chi connectivity index (χ2v) is 4.45. The summed E-state index contributed by atoms with van der Waals surface area (Å²) >= 11 is 0. The van der Waals surface area contributed by atoms with Crippen molar-refractivity contribution >= 4 is 5.69 Å². The Bertz CT molecular complexity index is 558. The summed E-state index contributed by atoms with van der Waals surface area (Å²) in [5, 5.41) is 13.8. The Morgan fingerprint density at radius 3 is 2.48 bits per heavy atom. The number of aromatic nitrogens is 1. The van der Waals surface area contributed by atoms with Gasteiger partial charge in [-0.25, -0.2) is 0 Å². The van der Waals surface area contributed by atoms with E-state index in [0.29, 0.717) is 12.4 Å². The van der Waals surface area contributed by atoms with Gasteiger partial charge in [-0.05, 0) is 42.8 Å². The highest BCUT2D eigenvalue weighted by Gasteiger charge is 2.03. The monoisotopic (exact) mass is 287 g/mol. The lowest BCUT2D eigenvalue weighted by Crippen LogP contribution is -2.23. The van der Waals surface area contributed by atoms with E-state index in [1.54, 1.807) is 24.5 Å². The Balaban J connectivity index is 1.60. The van der Waals surface area contributed by atoms with Crippen LogP contribution < -0.4 is 10.1 Å². The lowest BCUT2D eigenvalue weighted by atomic mass is 10.2. The SMILES string of the molecule is O=[N+]([O-])c1ccc(OCCNCCc2ccncc2)cc1. The van der Waals surface area contributed by atoms with Crippen LogP contribution in [0.4, 0.5) is 5.69 Å². The van der Waals surface area contributed by atoms with E-state index < -0.39 is 4.92 Å². The molecular weight excluding hydrogens is 270 g/mol. The zero-order chi connectivity index (χ0) is 14.9. The van der Waals surface area contributed by atoms with Gasteiger partial charge in [0.25, 0.3) is 5.69 Å². The maximum Gasteiger partial charge on any atom is 0.269 e. The van der Waals surface area contributed by atoms with Crippen LogP contribution >= 0.6 is 0 Å². The van der Waals surface area contributed by atoms with E-state index >= 15 is 0 Å². The first-order chi connectivity index (χ1) is 10.3.